The van der Waals surface area contributed by atoms with Crippen molar-refractivity contribution >= 4 is 39.4 Å². The molecule has 7 heteroatoms. The topological polar surface area (TPSA) is 71.5 Å². The van der Waals surface area contributed by atoms with E-state index in [1.165, 1.54) is 6.08 Å². The van der Waals surface area contributed by atoms with Crippen molar-refractivity contribution in [2.24, 2.45) is 0 Å². The number of hydrogen-bond acceptors (Lipinski definition) is 5. The molecular formula is C22H23N3O3S. The lowest BCUT2D eigenvalue weighted by molar-refractivity contribution is -0.130. The molecule has 2 aromatic carbocycles. The Hall–Kier alpha value is -3.19. The molecule has 0 atom stereocenters. The van der Waals surface area contributed by atoms with Crippen LogP contribution in [0.4, 0.5) is 0 Å². The van der Waals surface area contributed by atoms with Crippen molar-refractivity contribution in [1.82, 2.24) is 15.2 Å². The van der Waals surface area contributed by atoms with Gasteiger partial charge in [-0.05, 0) is 35.9 Å². The molecule has 1 heterocycles. The lowest BCUT2D eigenvalue weighted by atomic mass is 10.2. The standard InChI is InChI=1S/C22H23N3O3S/c1-25(15-21-24-18-5-3-4-6-19(18)29-21)22(27)13-14-23-20(26)12-9-16-7-10-17(28-2)11-8-16/h3-12H,13-15H2,1-2H3,(H,23,26). The summed E-state index contributed by atoms with van der Waals surface area (Å²) in [5, 5.41) is 3.63. The number of ether oxygens (including phenoxy) is 1. The van der Waals surface area contributed by atoms with Crippen LogP contribution >= 0.6 is 11.3 Å². The van der Waals surface area contributed by atoms with E-state index in [1.807, 2.05) is 48.5 Å². The van der Waals surface area contributed by atoms with Gasteiger partial charge in [-0.25, -0.2) is 4.98 Å². The fourth-order valence-corrected chi connectivity index (χ4v) is 3.73. The molecule has 3 aromatic rings. The van der Waals surface area contributed by atoms with Gasteiger partial charge in [0, 0.05) is 26.1 Å². The Bertz CT molecular complexity index is 979. The van der Waals surface area contributed by atoms with Gasteiger partial charge in [0.15, 0.2) is 0 Å². The summed E-state index contributed by atoms with van der Waals surface area (Å²) in [6.45, 7) is 0.748. The molecule has 0 saturated heterocycles. The minimum absolute atomic E-state index is 0.0382. The summed E-state index contributed by atoms with van der Waals surface area (Å²) in [6, 6.07) is 15.3. The Balaban J connectivity index is 1.42. The Labute approximate surface area is 173 Å². The van der Waals surface area contributed by atoms with Crippen LogP contribution in [-0.2, 0) is 16.1 Å². The first-order valence-corrected chi connectivity index (χ1v) is 10.0. The van der Waals surface area contributed by atoms with Gasteiger partial charge in [0.1, 0.15) is 10.8 Å². The zero-order valence-electron chi connectivity index (χ0n) is 16.4. The third-order valence-corrected chi connectivity index (χ3v) is 5.34. The molecule has 0 aliphatic heterocycles. The second kappa shape index (κ2) is 9.84. The number of carbonyl (C=O) groups is 2. The van der Waals surface area contributed by atoms with Gasteiger partial charge in [-0.15, -0.1) is 11.3 Å². The fraction of sp³-hybridized carbons (Fsp3) is 0.227. The van der Waals surface area contributed by atoms with Crippen LogP contribution in [0, 0.1) is 0 Å². The highest BCUT2D eigenvalue weighted by Crippen LogP contribution is 2.22. The first-order valence-electron chi connectivity index (χ1n) is 9.23. The molecule has 1 aromatic heterocycles. The Kier molecular flexibility index (Phi) is 6.97. The quantitative estimate of drug-likeness (QED) is 0.578. The van der Waals surface area contributed by atoms with Gasteiger partial charge in [0.2, 0.25) is 11.8 Å². The van der Waals surface area contributed by atoms with Crippen molar-refractivity contribution in [3.63, 3.8) is 0 Å². The number of nitrogens with zero attached hydrogens (tertiary/aromatic N) is 2. The van der Waals surface area contributed by atoms with E-state index in [0.717, 1.165) is 26.5 Å². The van der Waals surface area contributed by atoms with Crippen LogP contribution in [0.1, 0.15) is 17.0 Å². The van der Waals surface area contributed by atoms with Crippen molar-refractivity contribution in [1.29, 1.82) is 0 Å². The van der Waals surface area contributed by atoms with E-state index in [9.17, 15) is 9.59 Å². The highest BCUT2D eigenvalue weighted by Gasteiger charge is 2.12. The molecule has 3 rings (SSSR count). The molecule has 0 aliphatic rings. The maximum atomic E-state index is 12.3. The number of amides is 2. The lowest BCUT2D eigenvalue weighted by Crippen LogP contribution is -2.31. The van der Waals surface area contributed by atoms with Gasteiger partial charge in [-0.2, -0.15) is 0 Å². The largest absolute Gasteiger partial charge is 0.497 e. The summed E-state index contributed by atoms with van der Waals surface area (Å²) in [6.07, 6.45) is 3.41. The summed E-state index contributed by atoms with van der Waals surface area (Å²) in [5.74, 6) is 0.492. The van der Waals surface area contributed by atoms with Gasteiger partial charge in [0.25, 0.3) is 0 Å². The van der Waals surface area contributed by atoms with Crippen LogP contribution in [0.15, 0.2) is 54.6 Å². The van der Waals surface area contributed by atoms with Crippen molar-refractivity contribution in [3.05, 3.63) is 65.2 Å². The lowest BCUT2D eigenvalue weighted by Gasteiger charge is -2.15. The molecule has 0 unspecified atom stereocenters. The van der Waals surface area contributed by atoms with Crippen LogP contribution in [0.2, 0.25) is 0 Å². The average Bonchev–Trinajstić information content (AvgIpc) is 3.14. The maximum absolute atomic E-state index is 12.3. The normalized spacial score (nSPS) is 11.0. The summed E-state index contributed by atoms with van der Waals surface area (Å²) in [7, 11) is 3.36. The van der Waals surface area contributed by atoms with Gasteiger partial charge >= 0.3 is 0 Å². The first-order chi connectivity index (χ1) is 14.0. The Morgan fingerprint density at radius 1 is 1.17 bits per heavy atom. The SMILES string of the molecule is COc1ccc(C=CC(=O)NCCC(=O)N(C)Cc2nc3ccccc3s2)cc1. The maximum Gasteiger partial charge on any atom is 0.244 e. The second-order valence-electron chi connectivity index (χ2n) is 6.47. The van der Waals surface area contributed by atoms with E-state index >= 15 is 0 Å². The zero-order valence-corrected chi connectivity index (χ0v) is 17.2. The molecule has 1 N–H and O–H groups in total. The monoisotopic (exact) mass is 409 g/mol. The fourth-order valence-electron chi connectivity index (χ4n) is 2.71. The van der Waals surface area contributed by atoms with Gasteiger partial charge in [-0.3, -0.25) is 9.59 Å². The molecule has 0 aliphatic carbocycles. The smallest absolute Gasteiger partial charge is 0.244 e. The number of thiazole rings is 1. The van der Waals surface area contributed by atoms with Gasteiger partial charge in [-0.1, -0.05) is 24.3 Å². The average molecular weight is 410 g/mol. The minimum atomic E-state index is -0.234. The van der Waals surface area contributed by atoms with E-state index < -0.39 is 0 Å². The zero-order chi connectivity index (χ0) is 20.6. The minimum Gasteiger partial charge on any atom is -0.497 e. The molecular weight excluding hydrogens is 386 g/mol. The van der Waals surface area contributed by atoms with Crippen molar-refractivity contribution < 1.29 is 14.3 Å². The number of hydrogen-bond donors (Lipinski definition) is 1. The highest BCUT2D eigenvalue weighted by molar-refractivity contribution is 7.18. The third-order valence-electron chi connectivity index (χ3n) is 4.32. The first kappa shape index (κ1) is 20.5. The van der Waals surface area contributed by atoms with Crippen molar-refractivity contribution in [2.75, 3.05) is 20.7 Å². The summed E-state index contributed by atoms with van der Waals surface area (Å²) in [4.78, 5) is 30.4. The second-order valence-corrected chi connectivity index (χ2v) is 7.59. The van der Waals surface area contributed by atoms with Crippen LogP contribution in [0.5, 0.6) is 5.75 Å². The van der Waals surface area contributed by atoms with E-state index in [-0.39, 0.29) is 24.8 Å². The number of fused-ring (bicyclic) bond motifs is 1. The summed E-state index contributed by atoms with van der Waals surface area (Å²) >= 11 is 1.59. The number of nitrogens with one attached hydrogen (secondary N) is 1. The predicted octanol–water partition coefficient (Wildman–Crippen LogP) is 3.48. The molecule has 2 amide bonds. The number of benzene rings is 2. The van der Waals surface area contributed by atoms with E-state index in [4.69, 9.17) is 4.74 Å². The van der Waals surface area contributed by atoms with Crippen LogP contribution < -0.4 is 10.1 Å². The number of carbonyl (C=O) groups excluding carboxylic acids is 2. The summed E-state index contributed by atoms with van der Waals surface area (Å²) in [5.41, 5.74) is 1.84. The number of aromatic nitrogens is 1. The number of rotatable bonds is 8. The molecule has 0 spiro atoms. The van der Waals surface area contributed by atoms with Crippen molar-refractivity contribution in [2.45, 2.75) is 13.0 Å². The Morgan fingerprint density at radius 2 is 1.93 bits per heavy atom. The molecule has 0 fully saturated rings. The third kappa shape index (κ3) is 5.89. The van der Waals surface area contributed by atoms with Crippen LogP contribution in [-0.4, -0.2) is 42.4 Å². The van der Waals surface area contributed by atoms with E-state index in [2.05, 4.69) is 10.3 Å². The number of methoxy groups -OCH3 is 1. The van der Waals surface area contributed by atoms with Crippen LogP contribution in [0.3, 0.4) is 0 Å². The molecule has 6 nitrogen and oxygen atoms in total. The van der Waals surface area contributed by atoms with Gasteiger partial charge < -0.3 is 15.0 Å². The summed E-state index contributed by atoms with van der Waals surface area (Å²) < 4.78 is 6.21. The predicted molar refractivity (Wildman–Crippen MR) is 116 cm³/mol. The van der Waals surface area contributed by atoms with Crippen LogP contribution in [0.25, 0.3) is 16.3 Å². The molecule has 150 valence electrons. The molecule has 0 radical (unpaired) electrons. The number of para-hydroxylation sites is 1. The molecule has 0 bridgehead atoms. The van der Waals surface area contributed by atoms with E-state index in [1.54, 1.807) is 36.5 Å². The van der Waals surface area contributed by atoms with Gasteiger partial charge in [0.05, 0.1) is 23.9 Å². The molecule has 0 saturated carbocycles. The Morgan fingerprint density at radius 3 is 2.66 bits per heavy atom. The van der Waals surface area contributed by atoms with E-state index in [0.29, 0.717) is 6.54 Å². The highest BCUT2D eigenvalue weighted by atomic mass is 32.1. The van der Waals surface area contributed by atoms with Crippen molar-refractivity contribution in [3.8, 4) is 5.75 Å². The molecule has 29 heavy (non-hydrogen) atoms.